The summed E-state index contributed by atoms with van der Waals surface area (Å²) in [6.45, 7) is 2.30. The number of hydrogen-bond donors (Lipinski definition) is 1. The minimum atomic E-state index is -0.556. The van der Waals surface area contributed by atoms with Crippen LogP contribution < -0.4 is 5.32 Å². The van der Waals surface area contributed by atoms with E-state index in [1.54, 1.807) is 6.20 Å². The number of halogens is 2. The van der Waals surface area contributed by atoms with E-state index in [9.17, 15) is 14.5 Å². The Bertz CT molecular complexity index is 679. The van der Waals surface area contributed by atoms with Crippen molar-refractivity contribution < 1.29 is 9.31 Å². The van der Waals surface area contributed by atoms with E-state index in [0.717, 1.165) is 29.8 Å². The van der Waals surface area contributed by atoms with Crippen LogP contribution in [-0.2, 0) is 13.0 Å². The molecule has 0 fully saturated rings. The number of nitrogens with zero attached hydrogens (tertiary/aromatic N) is 2. The van der Waals surface area contributed by atoms with Crippen molar-refractivity contribution >= 4 is 27.3 Å². The molecule has 110 valence electrons. The SMILES string of the molecule is CCc1cccnc1CNc1cc(F)c(Br)cc1[N+](=O)[O-]. The third-order valence-electron chi connectivity index (χ3n) is 3.05. The maximum atomic E-state index is 13.6. The Morgan fingerprint density at radius 2 is 2.24 bits per heavy atom. The lowest BCUT2D eigenvalue weighted by atomic mass is 10.1. The molecule has 5 nitrogen and oxygen atoms in total. The highest BCUT2D eigenvalue weighted by atomic mass is 79.9. The Balaban J connectivity index is 2.27. The number of nitrogens with one attached hydrogen (secondary N) is 1. The van der Waals surface area contributed by atoms with E-state index in [1.807, 2.05) is 19.1 Å². The van der Waals surface area contributed by atoms with Crippen molar-refractivity contribution in [3.8, 4) is 0 Å². The van der Waals surface area contributed by atoms with Crippen molar-refractivity contribution in [1.29, 1.82) is 0 Å². The first-order chi connectivity index (χ1) is 10.0. The van der Waals surface area contributed by atoms with Crippen LogP contribution in [0, 0.1) is 15.9 Å². The van der Waals surface area contributed by atoms with Crippen molar-refractivity contribution in [2.24, 2.45) is 0 Å². The molecule has 0 bridgehead atoms. The second-order valence-electron chi connectivity index (χ2n) is 4.36. The summed E-state index contributed by atoms with van der Waals surface area (Å²) in [5.41, 5.74) is 1.79. The van der Waals surface area contributed by atoms with Crippen LogP contribution in [0.4, 0.5) is 15.8 Å². The predicted molar refractivity (Wildman–Crippen MR) is 81.7 cm³/mol. The van der Waals surface area contributed by atoms with Gasteiger partial charge in [-0.05, 0) is 34.0 Å². The van der Waals surface area contributed by atoms with E-state index in [2.05, 4.69) is 26.2 Å². The molecular weight excluding hydrogens is 341 g/mol. The summed E-state index contributed by atoms with van der Waals surface area (Å²) in [5, 5.41) is 13.9. The van der Waals surface area contributed by atoms with Gasteiger partial charge in [-0.2, -0.15) is 0 Å². The lowest BCUT2D eigenvalue weighted by Gasteiger charge is -2.10. The van der Waals surface area contributed by atoms with Crippen molar-refractivity contribution in [3.05, 3.63) is 62.1 Å². The summed E-state index contributed by atoms with van der Waals surface area (Å²) < 4.78 is 13.6. The zero-order valence-corrected chi connectivity index (χ0v) is 12.9. The maximum Gasteiger partial charge on any atom is 0.293 e. The number of anilines is 1. The van der Waals surface area contributed by atoms with E-state index in [0.29, 0.717) is 6.54 Å². The Hall–Kier alpha value is -2.02. The van der Waals surface area contributed by atoms with Gasteiger partial charge in [-0.1, -0.05) is 13.0 Å². The topological polar surface area (TPSA) is 68.1 Å². The van der Waals surface area contributed by atoms with E-state index >= 15 is 0 Å². The monoisotopic (exact) mass is 353 g/mol. The molecular formula is C14H13BrFN3O2. The van der Waals surface area contributed by atoms with Gasteiger partial charge in [0.25, 0.3) is 5.69 Å². The van der Waals surface area contributed by atoms with E-state index in [4.69, 9.17) is 0 Å². The number of pyridine rings is 1. The van der Waals surface area contributed by atoms with Crippen LogP contribution in [0.25, 0.3) is 0 Å². The zero-order valence-electron chi connectivity index (χ0n) is 11.3. The average molecular weight is 354 g/mol. The molecule has 0 aliphatic rings. The minimum absolute atomic E-state index is 0.0619. The van der Waals surface area contributed by atoms with Crippen LogP contribution in [0.1, 0.15) is 18.2 Å². The molecule has 0 atom stereocenters. The molecule has 1 aromatic carbocycles. The van der Waals surface area contributed by atoms with Gasteiger partial charge < -0.3 is 5.32 Å². The first-order valence-corrected chi connectivity index (χ1v) is 7.12. The summed E-state index contributed by atoms with van der Waals surface area (Å²) in [5.74, 6) is -0.556. The Morgan fingerprint density at radius 3 is 2.90 bits per heavy atom. The third kappa shape index (κ3) is 3.55. The lowest BCUT2D eigenvalue weighted by Crippen LogP contribution is -2.07. The molecule has 0 saturated carbocycles. The number of nitro groups is 1. The van der Waals surface area contributed by atoms with Gasteiger partial charge in [0.2, 0.25) is 0 Å². The lowest BCUT2D eigenvalue weighted by molar-refractivity contribution is -0.384. The normalized spacial score (nSPS) is 10.4. The number of aromatic nitrogens is 1. The number of hydrogen-bond acceptors (Lipinski definition) is 4. The van der Waals surface area contributed by atoms with Gasteiger partial charge in [0, 0.05) is 18.3 Å². The first kappa shape index (κ1) is 15.4. The van der Waals surface area contributed by atoms with Crippen molar-refractivity contribution in [2.45, 2.75) is 19.9 Å². The molecule has 1 N–H and O–H groups in total. The summed E-state index contributed by atoms with van der Waals surface area (Å²) in [4.78, 5) is 14.7. The minimum Gasteiger partial charge on any atom is -0.374 e. The maximum absolute atomic E-state index is 13.6. The molecule has 2 rings (SSSR count). The summed E-state index contributed by atoms with van der Waals surface area (Å²) in [6.07, 6.45) is 2.47. The Labute approximate surface area is 129 Å². The van der Waals surface area contributed by atoms with Crippen LogP contribution in [0.3, 0.4) is 0 Å². The first-order valence-electron chi connectivity index (χ1n) is 6.33. The molecule has 0 unspecified atom stereocenters. The molecule has 0 spiro atoms. The molecule has 2 aromatic rings. The standard InChI is InChI=1S/C14H13BrFN3O2/c1-2-9-4-3-5-17-13(9)8-18-12-7-11(16)10(15)6-14(12)19(20)21/h3-7,18H,2,8H2,1H3. The number of aryl methyl sites for hydroxylation is 1. The van der Waals surface area contributed by atoms with E-state index < -0.39 is 10.7 Å². The highest BCUT2D eigenvalue weighted by molar-refractivity contribution is 9.10. The second-order valence-corrected chi connectivity index (χ2v) is 5.21. The van der Waals surface area contributed by atoms with Crippen LogP contribution in [0.15, 0.2) is 34.9 Å². The molecule has 0 amide bonds. The fraction of sp³-hybridized carbons (Fsp3) is 0.214. The number of benzene rings is 1. The van der Waals surface area contributed by atoms with E-state index in [-0.39, 0.29) is 15.8 Å². The Kier molecular flexibility index (Phi) is 4.85. The van der Waals surface area contributed by atoms with Gasteiger partial charge in [-0.3, -0.25) is 15.1 Å². The van der Waals surface area contributed by atoms with Crippen LogP contribution in [-0.4, -0.2) is 9.91 Å². The quantitative estimate of drug-likeness (QED) is 0.649. The largest absolute Gasteiger partial charge is 0.374 e. The van der Waals surface area contributed by atoms with Crippen LogP contribution in [0.5, 0.6) is 0 Å². The fourth-order valence-electron chi connectivity index (χ4n) is 1.96. The highest BCUT2D eigenvalue weighted by Crippen LogP contribution is 2.30. The second kappa shape index (κ2) is 6.62. The van der Waals surface area contributed by atoms with Gasteiger partial charge in [-0.15, -0.1) is 0 Å². The van der Waals surface area contributed by atoms with Gasteiger partial charge in [0.05, 0.1) is 21.6 Å². The molecule has 1 aromatic heterocycles. The van der Waals surface area contributed by atoms with Gasteiger partial charge in [-0.25, -0.2) is 4.39 Å². The van der Waals surface area contributed by atoms with Crippen molar-refractivity contribution in [1.82, 2.24) is 4.98 Å². The molecule has 1 heterocycles. The van der Waals surface area contributed by atoms with Crippen molar-refractivity contribution in [2.75, 3.05) is 5.32 Å². The van der Waals surface area contributed by atoms with Crippen molar-refractivity contribution in [3.63, 3.8) is 0 Å². The smallest absolute Gasteiger partial charge is 0.293 e. The molecule has 21 heavy (non-hydrogen) atoms. The Morgan fingerprint density at radius 1 is 1.48 bits per heavy atom. The van der Waals surface area contributed by atoms with Crippen LogP contribution in [0.2, 0.25) is 0 Å². The summed E-state index contributed by atoms with van der Waals surface area (Å²) >= 11 is 2.95. The van der Waals surface area contributed by atoms with E-state index in [1.165, 1.54) is 0 Å². The van der Waals surface area contributed by atoms with Gasteiger partial charge >= 0.3 is 0 Å². The van der Waals surface area contributed by atoms with Crippen LogP contribution >= 0.6 is 15.9 Å². The zero-order chi connectivity index (χ0) is 15.4. The third-order valence-corrected chi connectivity index (χ3v) is 3.65. The number of nitro benzene ring substituents is 1. The number of rotatable bonds is 5. The summed E-state index contributed by atoms with van der Waals surface area (Å²) in [6, 6.07) is 6.04. The molecule has 0 saturated heterocycles. The highest BCUT2D eigenvalue weighted by Gasteiger charge is 2.17. The molecule has 0 aliphatic heterocycles. The molecule has 0 aliphatic carbocycles. The predicted octanol–water partition coefficient (Wildman–Crippen LogP) is 4.07. The van der Waals surface area contributed by atoms with Gasteiger partial charge in [0.1, 0.15) is 11.5 Å². The average Bonchev–Trinajstić information content (AvgIpc) is 2.48. The molecule has 7 heteroatoms. The summed E-state index contributed by atoms with van der Waals surface area (Å²) in [7, 11) is 0. The van der Waals surface area contributed by atoms with Gasteiger partial charge in [0.15, 0.2) is 0 Å². The molecule has 0 radical (unpaired) electrons. The fourth-order valence-corrected chi connectivity index (χ4v) is 2.29.